The van der Waals surface area contributed by atoms with Crippen molar-refractivity contribution in [2.45, 2.75) is 6.42 Å². The Kier molecular flexibility index (Phi) is 3.29. The largest absolute Gasteiger partial charge is 0.506 e. The molecule has 0 amide bonds. The number of ether oxygens (including phenoxy) is 1. The van der Waals surface area contributed by atoms with Crippen molar-refractivity contribution in [3.8, 4) is 23.0 Å². The number of benzene rings is 2. The van der Waals surface area contributed by atoms with Crippen LogP contribution in [0.25, 0.3) is 0 Å². The molecule has 0 radical (unpaired) electrons. The number of phenolic OH excluding ortho intramolecular Hbond substituents is 3. The lowest BCUT2D eigenvalue weighted by Gasteiger charge is -2.20. The molecule has 2 aromatic rings. The summed E-state index contributed by atoms with van der Waals surface area (Å²) in [5.74, 6) is -0.692. The Labute approximate surface area is 126 Å². The van der Waals surface area contributed by atoms with E-state index < -0.39 is 0 Å². The first-order valence-corrected chi connectivity index (χ1v) is 6.75. The van der Waals surface area contributed by atoms with Crippen LogP contribution in [0.4, 0.5) is 5.69 Å². The third-order valence-corrected chi connectivity index (χ3v) is 3.71. The molecule has 6 heteroatoms. The topological polar surface area (TPSA) is 99.0 Å². The number of nitrogens with one attached hydrogen (secondary N) is 1. The van der Waals surface area contributed by atoms with Crippen LogP contribution in [0.15, 0.2) is 24.3 Å². The van der Waals surface area contributed by atoms with E-state index >= 15 is 0 Å². The van der Waals surface area contributed by atoms with Gasteiger partial charge in [0.2, 0.25) is 0 Å². The van der Waals surface area contributed by atoms with Gasteiger partial charge in [0.05, 0.1) is 18.4 Å². The molecule has 0 atom stereocenters. The van der Waals surface area contributed by atoms with Crippen molar-refractivity contribution in [2.75, 3.05) is 19.0 Å². The molecule has 0 saturated heterocycles. The highest BCUT2D eigenvalue weighted by Crippen LogP contribution is 2.37. The quantitative estimate of drug-likeness (QED) is 0.601. The lowest BCUT2D eigenvalue weighted by molar-refractivity contribution is 0.103. The minimum Gasteiger partial charge on any atom is -0.506 e. The average Bonchev–Trinajstić information content (AvgIpc) is 2.49. The number of hydrogen-bond donors (Lipinski definition) is 4. The van der Waals surface area contributed by atoms with Crippen LogP contribution in [-0.4, -0.2) is 34.8 Å². The second-order valence-electron chi connectivity index (χ2n) is 5.07. The minimum absolute atomic E-state index is 0.0749. The summed E-state index contributed by atoms with van der Waals surface area (Å²) < 4.78 is 5.08. The third-order valence-electron chi connectivity index (χ3n) is 3.71. The van der Waals surface area contributed by atoms with Gasteiger partial charge >= 0.3 is 0 Å². The van der Waals surface area contributed by atoms with Gasteiger partial charge in [0.1, 0.15) is 11.5 Å². The smallest absolute Gasteiger partial charge is 0.195 e. The van der Waals surface area contributed by atoms with Gasteiger partial charge < -0.3 is 25.4 Å². The number of carbonyl (C=O) groups is 1. The Balaban J connectivity index is 2.22. The van der Waals surface area contributed by atoms with Gasteiger partial charge in [-0.15, -0.1) is 0 Å². The van der Waals surface area contributed by atoms with Gasteiger partial charge in [-0.2, -0.15) is 0 Å². The van der Waals surface area contributed by atoms with E-state index in [9.17, 15) is 20.1 Å². The van der Waals surface area contributed by atoms with Gasteiger partial charge in [-0.25, -0.2) is 0 Å². The van der Waals surface area contributed by atoms with Crippen LogP contribution >= 0.6 is 0 Å². The van der Waals surface area contributed by atoms with Crippen LogP contribution in [0.2, 0.25) is 0 Å². The fraction of sp³-hybridized carbons (Fsp3) is 0.188. The summed E-state index contributed by atoms with van der Waals surface area (Å²) >= 11 is 0. The highest BCUT2D eigenvalue weighted by Gasteiger charge is 2.24. The second kappa shape index (κ2) is 5.14. The van der Waals surface area contributed by atoms with Crippen LogP contribution in [-0.2, 0) is 6.42 Å². The summed E-state index contributed by atoms with van der Waals surface area (Å²) in [4.78, 5) is 12.8. The SMILES string of the molecule is COc1cc(O)c2c(c1)C(=O)c1cc(O)c(O)cc1CCN2. The second-order valence-corrected chi connectivity index (χ2v) is 5.07. The predicted molar refractivity (Wildman–Crippen MR) is 80.1 cm³/mol. The number of methoxy groups -OCH3 is 1. The van der Waals surface area contributed by atoms with E-state index in [0.29, 0.717) is 35.5 Å². The molecule has 3 rings (SSSR count). The summed E-state index contributed by atoms with van der Waals surface area (Å²) in [6.07, 6.45) is 0.472. The molecule has 2 aromatic carbocycles. The van der Waals surface area contributed by atoms with Crippen LogP contribution in [0.3, 0.4) is 0 Å². The first kappa shape index (κ1) is 14.1. The molecule has 6 nitrogen and oxygen atoms in total. The molecular weight excluding hydrogens is 286 g/mol. The van der Waals surface area contributed by atoms with E-state index in [1.54, 1.807) is 0 Å². The van der Waals surface area contributed by atoms with Crippen molar-refractivity contribution in [3.05, 3.63) is 41.0 Å². The first-order chi connectivity index (χ1) is 10.5. The molecule has 0 fully saturated rings. The molecule has 0 saturated carbocycles. The number of fused-ring (bicyclic) bond motifs is 2. The van der Waals surface area contributed by atoms with Gasteiger partial charge in [0.25, 0.3) is 0 Å². The molecule has 1 aliphatic heterocycles. The predicted octanol–water partition coefficient (Wildman–Crippen LogP) is 2.01. The van der Waals surface area contributed by atoms with Crippen LogP contribution in [0, 0.1) is 0 Å². The van der Waals surface area contributed by atoms with Crippen molar-refractivity contribution < 1.29 is 24.9 Å². The molecule has 0 aromatic heterocycles. The van der Waals surface area contributed by atoms with Gasteiger partial charge in [0, 0.05) is 18.2 Å². The van der Waals surface area contributed by atoms with E-state index in [1.807, 2.05) is 0 Å². The molecule has 0 bridgehead atoms. The third kappa shape index (κ3) is 2.18. The average molecular weight is 301 g/mol. The fourth-order valence-corrected chi connectivity index (χ4v) is 2.59. The maximum Gasteiger partial charge on any atom is 0.195 e. The summed E-state index contributed by atoms with van der Waals surface area (Å²) in [5, 5.41) is 32.4. The van der Waals surface area contributed by atoms with Gasteiger partial charge in [-0.3, -0.25) is 4.79 Å². The van der Waals surface area contributed by atoms with E-state index in [4.69, 9.17) is 4.74 Å². The number of phenols is 3. The maximum absolute atomic E-state index is 12.8. The Bertz CT molecular complexity index is 770. The van der Waals surface area contributed by atoms with Gasteiger partial charge in [-0.1, -0.05) is 0 Å². The van der Waals surface area contributed by atoms with Gasteiger partial charge in [0.15, 0.2) is 17.3 Å². The summed E-state index contributed by atoms with van der Waals surface area (Å²) in [7, 11) is 1.44. The Hall–Kier alpha value is -2.89. The molecule has 1 heterocycles. The van der Waals surface area contributed by atoms with Crippen molar-refractivity contribution in [1.29, 1.82) is 0 Å². The summed E-state index contributed by atoms with van der Waals surface area (Å²) in [6.45, 7) is 0.470. The lowest BCUT2D eigenvalue weighted by atomic mass is 9.93. The van der Waals surface area contributed by atoms with E-state index in [1.165, 1.54) is 31.4 Å². The number of ketones is 1. The molecule has 0 unspecified atom stereocenters. The van der Waals surface area contributed by atoms with Gasteiger partial charge in [-0.05, 0) is 30.2 Å². The number of carbonyl (C=O) groups excluding carboxylic acids is 1. The van der Waals surface area contributed by atoms with E-state index in [-0.39, 0.29) is 28.6 Å². The Morgan fingerprint density at radius 1 is 1.00 bits per heavy atom. The summed E-state index contributed by atoms with van der Waals surface area (Å²) in [5.41, 5.74) is 1.51. The number of rotatable bonds is 1. The van der Waals surface area contributed by atoms with Crippen molar-refractivity contribution >= 4 is 11.5 Å². The highest BCUT2D eigenvalue weighted by molar-refractivity contribution is 6.14. The number of anilines is 1. The van der Waals surface area contributed by atoms with Crippen LogP contribution in [0.5, 0.6) is 23.0 Å². The fourth-order valence-electron chi connectivity index (χ4n) is 2.59. The Morgan fingerprint density at radius 3 is 2.45 bits per heavy atom. The zero-order valence-electron chi connectivity index (χ0n) is 11.9. The molecule has 0 spiro atoms. The zero-order valence-corrected chi connectivity index (χ0v) is 11.9. The first-order valence-electron chi connectivity index (χ1n) is 6.75. The molecule has 1 aliphatic rings. The highest BCUT2D eigenvalue weighted by atomic mass is 16.5. The minimum atomic E-state index is -0.360. The maximum atomic E-state index is 12.8. The Morgan fingerprint density at radius 2 is 1.73 bits per heavy atom. The molecule has 0 aliphatic carbocycles. The molecular formula is C16H15NO5. The van der Waals surface area contributed by atoms with Crippen molar-refractivity contribution in [3.63, 3.8) is 0 Å². The zero-order chi connectivity index (χ0) is 15.9. The van der Waals surface area contributed by atoms with E-state index in [0.717, 1.165) is 0 Å². The van der Waals surface area contributed by atoms with Crippen LogP contribution in [0.1, 0.15) is 21.5 Å². The lowest BCUT2D eigenvalue weighted by Crippen LogP contribution is -2.17. The van der Waals surface area contributed by atoms with E-state index in [2.05, 4.69) is 5.32 Å². The normalized spacial score (nSPS) is 13.4. The molecule has 114 valence electrons. The molecule has 22 heavy (non-hydrogen) atoms. The van der Waals surface area contributed by atoms with Crippen LogP contribution < -0.4 is 10.1 Å². The summed E-state index contributed by atoms with van der Waals surface area (Å²) in [6, 6.07) is 5.59. The number of hydrogen-bond acceptors (Lipinski definition) is 6. The number of aromatic hydroxyl groups is 3. The molecule has 4 N–H and O–H groups in total. The van der Waals surface area contributed by atoms with Crippen molar-refractivity contribution in [2.24, 2.45) is 0 Å². The monoisotopic (exact) mass is 301 g/mol. The standard InChI is InChI=1S/C16H15NO5/c1-22-9-5-11-15(14(20)6-9)17-3-2-8-4-12(18)13(19)7-10(8)16(11)21/h4-7,17-20H,2-3H2,1H3. The van der Waals surface area contributed by atoms with Crippen molar-refractivity contribution in [1.82, 2.24) is 0 Å².